The maximum absolute atomic E-state index is 2.48. The largest absolute Gasteiger partial charge is 0.140 e. The normalized spacial score (nSPS) is 16.1. The lowest BCUT2D eigenvalue weighted by molar-refractivity contribution is 0.592. The lowest BCUT2D eigenvalue weighted by Crippen LogP contribution is -2.17. The molecule has 0 spiro atoms. The summed E-state index contributed by atoms with van der Waals surface area (Å²) in [4.78, 5) is 1.45. The third-order valence-electron chi connectivity index (χ3n) is 6.75. The second-order valence-corrected chi connectivity index (χ2v) is 10.0. The minimum Gasteiger partial charge on any atom is -0.140 e. The molecule has 0 atom stereocenters. The molecule has 0 radical (unpaired) electrons. The van der Waals surface area contributed by atoms with E-state index in [1.165, 1.54) is 42.8 Å². The first kappa shape index (κ1) is 17.0. The van der Waals surface area contributed by atoms with E-state index in [-0.39, 0.29) is 5.41 Å². The number of aryl methyl sites for hydroxylation is 2. The number of benzene rings is 2. The molecule has 2 aliphatic carbocycles. The fourth-order valence-electron chi connectivity index (χ4n) is 5.13. The van der Waals surface area contributed by atoms with E-state index >= 15 is 0 Å². The Morgan fingerprint density at radius 2 is 1.70 bits per heavy atom. The van der Waals surface area contributed by atoms with E-state index in [4.69, 9.17) is 0 Å². The molecule has 0 unspecified atom stereocenters. The molecule has 0 bridgehead atoms. The summed E-state index contributed by atoms with van der Waals surface area (Å²) in [5.41, 5.74) is 12.0. The third-order valence-corrected chi connectivity index (χ3v) is 7.92. The molecule has 0 N–H and O–H groups in total. The number of hydrogen-bond acceptors (Lipinski definition) is 1. The second-order valence-electron chi connectivity index (χ2n) is 8.79. The summed E-state index contributed by atoms with van der Waals surface area (Å²) in [6.45, 7) is 11.7. The first-order valence-corrected chi connectivity index (χ1v) is 10.7. The Kier molecular flexibility index (Phi) is 3.58. The van der Waals surface area contributed by atoms with Gasteiger partial charge in [0.2, 0.25) is 0 Å². The number of thiophene rings is 1. The van der Waals surface area contributed by atoms with Gasteiger partial charge in [-0.15, -0.1) is 11.3 Å². The highest BCUT2D eigenvalue weighted by atomic mass is 32.1. The molecule has 136 valence electrons. The molecular weight excluding hydrogens is 344 g/mol. The molecule has 1 aromatic heterocycles. The summed E-state index contributed by atoms with van der Waals surface area (Å²) >= 11 is 1.94. The molecule has 3 aromatic rings. The van der Waals surface area contributed by atoms with Crippen LogP contribution in [0.2, 0.25) is 0 Å². The molecular formula is C26H26S. The molecule has 2 aromatic carbocycles. The van der Waals surface area contributed by atoms with E-state index in [1.54, 1.807) is 16.7 Å². The molecule has 0 aliphatic heterocycles. The van der Waals surface area contributed by atoms with Gasteiger partial charge in [0.1, 0.15) is 0 Å². The summed E-state index contributed by atoms with van der Waals surface area (Å²) in [5.74, 6) is 0. The predicted octanol–water partition coefficient (Wildman–Crippen LogP) is 7.51. The average molecular weight is 371 g/mol. The molecule has 2 aliphatic rings. The molecule has 0 saturated carbocycles. The monoisotopic (exact) mass is 370 g/mol. The Labute approximate surface area is 166 Å². The van der Waals surface area contributed by atoms with Gasteiger partial charge < -0.3 is 0 Å². The Morgan fingerprint density at radius 1 is 0.926 bits per heavy atom. The zero-order valence-electron chi connectivity index (χ0n) is 16.9. The van der Waals surface area contributed by atoms with Gasteiger partial charge in [0, 0.05) is 15.0 Å². The molecule has 27 heavy (non-hydrogen) atoms. The van der Waals surface area contributed by atoms with Crippen molar-refractivity contribution in [1.29, 1.82) is 0 Å². The van der Waals surface area contributed by atoms with Gasteiger partial charge >= 0.3 is 0 Å². The molecule has 0 saturated heterocycles. The van der Waals surface area contributed by atoms with Gasteiger partial charge in [-0.2, -0.15) is 0 Å². The number of fused-ring (bicyclic) bond motifs is 3. The minimum absolute atomic E-state index is 0.0589. The number of hydrogen-bond donors (Lipinski definition) is 0. The highest BCUT2D eigenvalue weighted by molar-refractivity contribution is 7.19. The van der Waals surface area contributed by atoms with Crippen LogP contribution in [0.3, 0.4) is 0 Å². The van der Waals surface area contributed by atoms with E-state index in [1.807, 2.05) is 11.3 Å². The van der Waals surface area contributed by atoms with Crippen LogP contribution in [0.1, 0.15) is 53.5 Å². The third kappa shape index (κ3) is 2.41. The lowest BCUT2D eigenvalue weighted by Gasteiger charge is -2.30. The standard InChI is InChI=1S/C26H26S/c1-15-10-20-13-22-16(2)17(3)27-24(22)14-23(20)25(15)26(4,5)21-11-18-8-6-7-9-19(18)12-21/h6-9,11,13-14H,10,12H2,1-5H3. The van der Waals surface area contributed by atoms with Crippen LogP contribution in [0, 0.1) is 19.3 Å². The van der Waals surface area contributed by atoms with Gasteiger partial charge in [-0.05, 0) is 84.5 Å². The van der Waals surface area contributed by atoms with Gasteiger partial charge in [-0.3, -0.25) is 0 Å². The Hall–Kier alpha value is -2.12. The van der Waals surface area contributed by atoms with Crippen molar-refractivity contribution < 1.29 is 0 Å². The SMILES string of the molecule is CC1=C(C(C)(C)C2=Cc3ccccc3C2)c2cc3sc(C)c(C)c3cc2C1. The first-order valence-electron chi connectivity index (χ1n) is 9.88. The van der Waals surface area contributed by atoms with Crippen LogP contribution in [0.25, 0.3) is 21.7 Å². The first-order chi connectivity index (χ1) is 12.9. The van der Waals surface area contributed by atoms with E-state index in [2.05, 4.69) is 77.1 Å². The van der Waals surface area contributed by atoms with Crippen molar-refractivity contribution in [2.45, 2.75) is 47.5 Å². The Morgan fingerprint density at radius 3 is 2.48 bits per heavy atom. The van der Waals surface area contributed by atoms with Crippen LogP contribution in [0.15, 0.2) is 47.5 Å². The molecule has 1 heterocycles. The van der Waals surface area contributed by atoms with Crippen LogP contribution >= 0.6 is 11.3 Å². The minimum atomic E-state index is 0.0589. The molecule has 0 fully saturated rings. The van der Waals surface area contributed by atoms with Crippen molar-refractivity contribution in [2.75, 3.05) is 0 Å². The Bertz CT molecular complexity index is 1160. The smallest absolute Gasteiger partial charge is 0.0354 e. The van der Waals surface area contributed by atoms with Gasteiger partial charge in [0.15, 0.2) is 0 Å². The molecule has 0 amide bonds. The lowest BCUT2D eigenvalue weighted by atomic mass is 9.73. The van der Waals surface area contributed by atoms with Crippen molar-refractivity contribution in [3.05, 3.63) is 80.2 Å². The van der Waals surface area contributed by atoms with E-state index in [9.17, 15) is 0 Å². The van der Waals surface area contributed by atoms with Crippen molar-refractivity contribution in [2.24, 2.45) is 5.41 Å². The average Bonchev–Trinajstić information content (AvgIpc) is 3.27. The topological polar surface area (TPSA) is 0 Å². The highest BCUT2D eigenvalue weighted by Gasteiger charge is 2.36. The van der Waals surface area contributed by atoms with Crippen LogP contribution < -0.4 is 0 Å². The highest BCUT2D eigenvalue weighted by Crippen LogP contribution is 2.52. The van der Waals surface area contributed by atoms with Crippen LogP contribution in [0.5, 0.6) is 0 Å². The van der Waals surface area contributed by atoms with Gasteiger partial charge in [-0.25, -0.2) is 0 Å². The van der Waals surface area contributed by atoms with Crippen molar-refractivity contribution >= 4 is 33.1 Å². The summed E-state index contributed by atoms with van der Waals surface area (Å²) < 4.78 is 1.44. The van der Waals surface area contributed by atoms with Crippen LogP contribution in [-0.2, 0) is 12.8 Å². The van der Waals surface area contributed by atoms with Gasteiger partial charge in [-0.1, -0.05) is 55.3 Å². The summed E-state index contributed by atoms with van der Waals surface area (Å²) in [7, 11) is 0. The van der Waals surface area contributed by atoms with Crippen molar-refractivity contribution in [3.63, 3.8) is 0 Å². The van der Waals surface area contributed by atoms with Crippen molar-refractivity contribution in [3.8, 4) is 0 Å². The summed E-state index contributed by atoms with van der Waals surface area (Å²) in [6.07, 6.45) is 4.61. The van der Waals surface area contributed by atoms with E-state index in [0.717, 1.165) is 12.8 Å². The quantitative estimate of drug-likeness (QED) is 0.438. The van der Waals surface area contributed by atoms with Gasteiger partial charge in [0.05, 0.1) is 0 Å². The Balaban J connectivity index is 1.63. The fourth-order valence-corrected chi connectivity index (χ4v) is 6.22. The molecule has 1 heteroatoms. The van der Waals surface area contributed by atoms with E-state index < -0.39 is 0 Å². The predicted molar refractivity (Wildman–Crippen MR) is 120 cm³/mol. The number of allylic oxidation sites excluding steroid dienone is 3. The van der Waals surface area contributed by atoms with Crippen LogP contribution in [0.4, 0.5) is 0 Å². The maximum atomic E-state index is 2.48. The van der Waals surface area contributed by atoms with E-state index in [0.29, 0.717) is 0 Å². The van der Waals surface area contributed by atoms with Gasteiger partial charge in [0.25, 0.3) is 0 Å². The summed E-state index contributed by atoms with van der Waals surface area (Å²) in [6, 6.07) is 13.8. The summed E-state index contributed by atoms with van der Waals surface area (Å²) in [5, 5.41) is 1.45. The zero-order valence-corrected chi connectivity index (χ0v) is 17.7. The maximum Gasteiger partial charge on any atom is 0.0354 e. The van der Waals surface area contributed by atoms with Crippen molar-refractivity contribution in [1.82, 2.24) is 0 Å². The molecule has 0 nitrogen and oxygen atoms in total. The second kappa shape index (κ2) is 5.69. The fraction of sp³-hybridized carbons (Fsp3) is 0.308. The zero-order chi connectivity index (χ0) is 18.9. The molecule has 5 rings (SSSR count). The number of rotatable bonds is 2. The van der Waals surface area contributed by atoms with Crippen LogP contribution in [-0.4, -0.2) is 0 Å².